The van der Waals surface area contributed by atoms with Crippen LogP contribution in [0, 0.1) is 12.8 Å². The van der Waals surface area contributed by atoms with Gasteiger partial charge in [-0.05, 0) is 12.8 Å². The van der Waals surface area contributed by atoms with Crippen LogP contribution < -0.4 is 0 Å². The van der Waals surface area contributed by atoms with Gasteiger partial charge in [0.25, 0.3) is 0 Å². The van der Waals surface area contributed by atoms with Gasteiger partial charge in [0.15, 0.2) is 5.69 Å². The molecular weight excluding hydrogens is 204 g/mol. The number of hydrogen-bond donors (Lipinski definition) is 1. The van der Waals surface area contributed by atoms with Crippen molar-refractivity contribution in [1.29, 1.82) is 0 Å². The Labute approximate surface area is 94.7 Å². The highest BCUT2D eigenvalue weighted by atomic mass is 16.4. The zero-order valence-corrected chi connectivity index (χ0v) is 9.44. The molecule has 0 aromatic carbocycles. The van der Waals surface area contributed by atoms with Crippen molar-refractivity contribution in [1.82, 2.24) is 9.97 Å². The molecule has 1 saturated carbocycles. The molecule has 1 fully saturated rings. The number of aryl methyl sites for hydroxylation is 1. The Hall–Kier alpha value is -1.45. The van der Waals surface area contributed by atoms with Crippen LogP contribution in [0.15, 0.2) is 6.20 Å². The number of carboxylic acid groups (broad SMARTS) is 1. The summed E-state index contributed by atoms with van der Waals surface area (Å²) in [6.07, 6.45) is 7.44. The third kappa shape index (κ3) is 2.38. The molecule has 1 aromatic heterocycles. The van der Waals surface area contributed by atoms with Crippen LogP contribution >= 0.6 is 0 Å². The maximum atomic E-state index is 10.9. The summed E-state index contributed by atoms with van der Waals surface area (Å²) in [6, 6.07) is 0. The molecule has 1 N–H and O–H groups in total. The van der Waals surface area contributed by atoms with Crippen LogP contribution in [-0.4, -0.2) is 21.0 Å². The number of rotatable bonds is 3. The number of carboxylic acids is 1. The van der Waals surface area contributed by atoms with Gasteiger partial charge in [-0.25, -0.2) is 14.8 Å². The van der Waals surface area contributed by atoms with E-state index in [9.17, 15) is 4.79 Å². The zero-order chi connectivity index (χ0) is 11.5. The van der Waals surface area contributed by atoms with E-state index in [0.717, 1.165) is 6.42 Å². The van der Waals surface area contributed by atoms with Crippen molar-refractivity contribution in [2.75, 3.05) is 0 Å². The fourth-order valence-electron chi connectivity index (χ4n) is 2.27. The number of carbonyl (C=O) groups is 1. The highest BCUT2D eigenvalue weighted by Gasteiger charge is 2.18. The van der Waals surface area contributed by atoms with Crippen molar-refractivity contribution in [3.05, 3.63) is 23.3 Å². The van der Waals surface area contributed by atoms with E-state index in [2.05, 4.69) is 9.97 Å². The molecule has 4 nitrogen and oxygen atoms in total. The zero-order valence-electron chi connectivity index (χ0n) is 9.44. The van der Waals surface area contributed by atoms with Crippen molar-refractivity contribution in [3.8, 4) is 0 Å². The van der Waals surface area contributed by atoms with Crippen LogP contribution in [0.1, 0.15) is 47.6 Å². The Morgan fingerprint density at radius 2 is 2.19 bits per heavy atom. The van der Waals surface area contributed by atoms with Crippen molar-refractivity contribution < 1.29 is 9.90 Å². The molecule has 1 heterocycles. The standard InChI is InChI=1S/C12H16N2O2/c1-8-7-13-10(14-11(8)12(15)16)6-9-4-2-3-5-9/h7,9H,2-6H2,1H3,(H,15,16). The molecule has 16 heavy (non-hydrogen) atoms. The van der Waals surface area contributed by atoms with Gasteiger partial charge >= 0.3 is 5.97 Å². The lowest BCUT2D eigenvalue weighted by atomic mass is 10.0. The molecule has 0 unspecified atom stereocenters. The molecule has 4 heteroatoms. The summed E-state index contributed by atoms with van der Waals surface area (Å²) in [4.78, 5) is 19.3. The minimum atomic E-state index is -0.965. The summed E-state index contributed by atoms with van der Waals surface area (Å²) in [5.74, 6) is 0.354. The van der Waals surface area contributed by atoms with Gasteiger partial charge in [-0.15, -0.1) is 0 Å². The second-order valence-electron chi connectivity index (χ2n) is 4.48. The van der Waals surface area contributed by atoms with E-state index in [1.165, 1.54) is 25.7 Å². The van der Waals surface area contributed by atoms with E-state index in [4.69, 9.17) is 5.11 Å². The van der Waals surface area contributed by atoms with Crippen molar-refractivity contribution in [2.45, 2.75) is 39.0 Å². The molecule has 0 bridgehead atoms. The number of nitrogens with zero attached hydrogens (tertiary/aromatic N) is 2. The van der Waals surface area contributed by atoms with Crippen LogP contribution in [0.2, 0.25) is 0 Å². The first kappa shape index (κ1) is 11.0. The third-order valence-corrected chi connectivity index (χ3v) is 3.17. The molecular formula is C12H16N2O2. The van der Waals surface area contributed by atoms with Gasteiger partial charge in [0.05, 0.1) is 0 Å². The molecule has 0 aliphatic heterocycles. The average molecular weight is 220 g/mol. The first-order valence-electron chi connectivity index (χ1n) is 5.72. The van der Waals surface area contributed by atoms with Crippen molar-refractivity contribution >= 4 is 5.97 Å². The summed E-state index contributed by atoms with van der Waals surface area (Å²) in [6.45, 7) is 1.73. The Morgan fingerprint density at radius 1 is 1.50 bits per heavy atom. The largest absolute Gasteiger partial charge is 0.477 e. The predicted octanol–water partition coefficient (Wildman–Crippen LogP) is 2.22. The van der Waals surface area contributed by atoms with Crippen molar-refractivity contribution in [3.63, 3.8) is 0 Å². The molecule has 0 amide bonds. The van der Waals surface area contributed by atoms with E-state index >= 15 is 0 Å². The average Bonchev–Trinajstić information content (AvgIpc) is 2.73. The first-order valence-corrected chi connectivity index (χ1v) is 5.72. The Kier molecular flexibility index (Phi) is 3.17. The van der Waals surface area contributed by atoms with Gasteiger partial charge < -0.3 is 5.11 Å². The van der Waals surface area contributed by atoms with E-state index in [-0.39, 0.29) is 5.69 Å². The van der Waals surface area contributed by atoms with Crippen molar-refractivity contribution in [2.24, 2.45) is 5.92 Å². The summed E-state index contributed by atoms with van der Waals surface area (Å²) in [5.41, 5.74) is 0.769. The molecule has 0 radical (unpaired) electrons. The van der Waals surface area contributed by atoms with E-state index in [0.29, 0.717) is 17.3 Å². The molecule has 86 valence electrons. The number of aromatic carboxylic acids is 1. The third-order valence-electron chi connectivity index (χ3n) is 3.17. The van der Waals surface area contributed by atoms with E-state index < -0.39 is 5.97 Å². The maximum absolute atomic E-state index is 10.9. The highest BCUT2D eigenvalue weighted by molar-refractivity contribution is 5.86. The fourth-order valence-corrected chi connectivity index (χ4v) is 2.27. The van der Waals surface area contributed by atoms with Crippen LogP contribution in [0.4, 0.5) is 0 Å². The molecule has 2 rings (SSSR count). The summed E-state index contributed by atoms with van der Waals surface area (Å²) >= 11 is 0. The summed E-state index contributed by atoms with van der Waals surface area (Å²) in [7, 11) is 0. The highest BCUT2D eigenvalue weighted by Crippen LogP contribution is 2.27. The maximum Gasteiger partial charge on any atom is 0.354 e. The van der Waals surface area contributed by atoms with Gasteiger partial charge in [0, 0.05) is 18.2 Å². The normalized spacial score (nSPS) is 16.6. The van der Waals surface area contributed by atoms with E-state index in [1.807, 2.05) is 0 Å². The van der Waals surface area contributed by atoms with Crippen LogP contribution in [-0.2, 0) is 6.42 Å². The molecule has 1 aliphatic rings. The minimum absolute atomic E-state index is 0.142. The Balaban J connectivity index is 2.15. The van der Waals surface area contributed by atoms with Gasteiger partial charge in [0.2, 0.25) is 0 Å². The number of hydrogen-bond acceptors (Lipinski definition) is 3. The molecule has 1 aromatic rings. The predicted molar refractivity (Wildman–Crippen MR) is 59.4 cm³/mol. The lowest BCUT2D eigenvalue weighted by Gasteiger charge is -2.08. The molecule has 0 saturated heterocycles. The van der Waals surface area contributed by atoms with Crippen LogP contribution in [0.3, 0.4) is 0 Å². The minimum Gasteiger partial charge on any atom is -0.477 e. The quantitative estimate of drug-likeness (QED) is 0.848. The molecule has 1 aliphatic carbocycles. The Bertz CT molecular complexity index is 398. The van der Waals surface area contributed by atoms with E-state index in [1.54, 1.807) is 13.1 Å². The van der Waals surface area contributed by atoms with Gasteiger partial charge in [0.1, 0.15) is 5.82 Å². The van der Waals surface area contributed by atoms with Crippen LogP contribution in [0.5, 0.6) is 0 Å². The molecule has 0 spiro atoms. The lowest BCUT2D eigenvalue weighted by molar-refractivity contribution is 0.0689. The Morgan fingerprint density at radius 3 is 2.81 bits per heavy atom. The second kappa shape index (κ2) is 4.60. The topological polar surface area (TPSA) is 63.1 Å². The number of aromatic nitrogens is 2. The summed E-state index contributed by atoms with van der Waals surface area (Å²) < 4.78 is 0. The lowest BCUT2D eigenvalue weighted by Crippen LogP contribution is -2.10. The van der Waals surface area contributed by atoms with Gasteiger partial charge in [-0.1, -0.05) is 25.7 Å². The second-order valence-corrected chi connectivity index (χ2v) is 4.48. The smallest absolute Gasteiger partial charge is 0.354 e. The van der Waals surface area contributed by atoms with Crippen LogP contribution in [0.25, 0.3) is 0 Å². The fraction of sp³-hybridized carbons (Fsp3) is 0.583. The monoisotopic (exact) mass is 220 g/mol. The van der Waals surface area contributed by atoms with Gasteiger partial charge in [-0.2, -0.15) is 0 Å². The van der Waals surface area contributed by atoms with Gasteiger partial charge in [-0.3, -0.25) is 0 Å². The molecule has 0 atom stereocenters. The first-order chi connectivity index (χ1) is 7.66. The SMILES string of the molecule is Cc1cnc(CC2CCCC2)nc1C(=O)O. The summed E-state index contributed by atoms with van der Waals surface area (Å²) in [5, 5.41) is 8.96.